The summed E-state index contributed by atoms with van der Waals surface area (Å²) in [6, 6.07) is 9.91. The molecule has 4 rings (SSSR count). The number of methoxy groups -OCH3 is 1. The number of thioether (sulfide) groups is 1. The lowest BCUT2D eigenvalue weighted by Gasteiger charge is -2.18. The van der Waals surface area contributed by atoms with E-state index < -0.39 is 4.92 Å². The van der Waals surface area contributed by atoms with Gasteiger partial charge < -0.3 is 14.2 Å². The molecular formula is C23H21IN2O6S2. The van der Waals surface area contributed by atoms with Crippen LogP contribution in [0.3, 0.4) is 0 Å². The average molecular weight is 612 g/mol. The van der Waals surface area contributed by atoms with Crippen LogP contribution in [0.1, 0.15) is 24.0 Å². The van der Waals surface area contributed by atoms with Crippen molar-refractivity contribution in [2.45, 2.75) is 25.6 Å². The van der Waals surface area contributed by atoms with E-state index in [1.54, 1.807) is 36.3 Å². The number of halogens is 1. The third-order valence-corrected chi connectivity index (χ3v) is 7.54. The fourth-order valence-corrected chi connectivity index (χ4v) is 5.69. The van der Waals surface area contributed by atoms with Crippen LogP contribution in [0.5, 0.6) is 11.5 Å². The number of thiocarbonyl (C=S) groups is 1. The Bertz CT molecular complexity index is 1150. The molecule has 2 aromatic rings. The van der Waals surface area contributed by atoms with Crippen LogP contribution in [0.2, 0.25) is 0 Å². The Morgan fingerprint density at radius 3 is 2.76 bits per heavy atom. The highest BCUT2D eigenvalue weighted by molar-refractivity contribution is 14.1. The van der Waals surface area contributed by atoms with Gasteiger partial charge in [-0.1, -0.05) is 24.0 Å². The number of carbonyl (C=O) groups excluding carboxylic acids is 1. The van der Waals surface area contributed by atoms with E-state index in [-0.39, 0.29) is 24.3 Å². The summed E-state index contributed by atoms with van der Waals surface area (Å²) in [5, 5.41) is 10.8. The number of nitrogens with zero attached hydrogens (tertiary/aromatic N) is 2. The topological polar surface area (TPSA) is 91.1 Å². The number of hydrogen-bond acceptors (Lipinski definition) is 8. The van der Waals surface area contributed by atoms with Gasteiger partial charge in [0.1, 0.15) is 10.9 Å². The molecule has 34 heavy (non-hydrogen) atoms. The number of hydrogen-bond donors (Lipinski definition) is 0. The van der Waals surface area contributed by atoms with Gasteiger partial charge in [-0.2, -0.15) is 0 Å². The van der Waals surface area contributed by atoms with Crippen LogP contribution < -0.4 is 9.47 Å². The van der Waals surface area contributed by atoms with Crippen molar-refractivity contribution in [3.8, 4) is 11.5 Å². The van der Waals surface area contributed by atoms with Crippen molar-refractivity contribution in [1.29, 1.82) is 0 Å². The van der Waals surface area contributed by atoms with Crippen molar-refractivity contribution in [2.75, 3.05) is 20.3 Å². The summed E-state index contributed by atoms with van der Waals surface area (Å²) in [5.41, 5.74) is 1.62. The smallest absolute Gasteiger partial charge is 0.269 e. The van der Waals surface area contributed by atoms with E-state index in [0.29, 0.717) is 27.3 Å². The maximum absolute atomic E-state index is 12.9. The molecule has 8 nitrogen and oxygen atoms in total. The minimum absolute atomic E-state index is 0.0291. The summed E-state index contributed by atoms with van der Waals surface area (Å²) >= 11 is 8.87. The molecule has 0 radical (unpaired) electrons. The Morgan fingerprint density at radius 1 is 1.35 bits per heavy atom. The zero-order valence-corrected chi connectivity index (χ0v) is 22.0. The van der Waals surface area contributed by atoms with Gasteiger partial charge in [0.25, 0.3) is 11.6 Å². The van der Waals surface area contributed by atoms with Crippen LogP contribution in [-0.4, -0.2) is 46.4 Å². The average Bonchev–Trinajstić information content (AvgIpc) is 3.42. The Kier molecular flexibility index (Phi) is 8.06. The number of non-ortho nitro benzene ring substituents is 1. The van der Waals surface area contributed by atoms with Crippen LogP contribution in [-0.2, 0) is 16.1 Å². The monoisotopic (exact) mass is 612 g/mol. The van der Waals surface area contributed by atoms with Gasteiger partial charge in [-0.15, -0.1) is 0 Å². The van der Waals surface area contributed by atoms with E-state index in [9.17, 15) is 14.9 Å². The minimum Gasteiger partial charge on any atom is -0.493 e. The normalized spacial score (nSPS) is 19.2. The molecule has 2 aromatic carbocycles. The first-order valence-corrected chi connectivity index (χ1v) is 12.8. The number of benzene rings is 2. The first-order chi connectivity index (χ1) is 16.4. The molecule has 0 saturated carbocycles. The maximum Gasteiger partial charge on any atom is 0.269 e. The number of carbonyl (C=O) groups is 1. The van der Waals surface area contributed by atoms with E-state index in [2.05, 4.69) is 22.6 Å². The fraction of sp³-hybridized carbons (Fsp3) is 0.304. The molecule has 2 aliphatic heterocycles. The second kappa shape index (κ2) is 11.0. The van der Waals surface area contributed by atoms with Crippen LogP contribution in [0, 0.1) is 13.7 Å². The third kappa shape index (κ3) is 5.70. The van der Waals surface area contributed by atoms with E-state index >= 15 is 0 Å². The molecule has 1 amide bonds. The van der Waals surface area contributed by atoms with Crippen LogP contribution in [0.25, 0.3) is 6.08 Å². The first kappa shape index (κ1) is 24.9. The Hall–Kier alpha value is -2.22. The van der Waals surface area contributed by atoms with Gasteiger partial charge in [0.15, 0.2) is 11.5 Å². The predicted molar refractivity (Wildman–Crippen MR) is 142 cm³/mol. The summed E-state index contributed by atoms with van der Waals surface area (Å²) in [6.45, 7) is 1.44. The Morgan fingerprint density at radius 2 is 2.12 bits per heavy atom. The van der Waals surface area contributed by atoms with E-state index in [1.165, 1.54) is 23.9 Å². The summed E-state index contributed by atoms with van der Waals surface area (Å²) < 4.78 is 18.5. The van der Waals surface area contributed by atoms with Crippen LogP contribution >= 0.6 is 46.6 Å². The largest absolute Gasteiger partial charge is 0.493 e. The van der Waals surface area contributed by atoms with Crippen molar-refractivity contribution in [2.24, 2.45) is 0 Å². The lowest BCUT2D eigenvalue weighted by Crippen LogP contribution is -2.35. The second-order valence-corrected chi connectivity index (χ2v) is 10.5. The zero-order chi connectivity index (χ0) is 24.2. The van der Waals surface area contributed by atoms with Gasteiger partial charge in [-0.25, -0.2) is 0 Å². The molecule has 2 fully saturated rings. The molecule has 0 aliphatic carbocycles. The molecule has 2 heterocycles. The molecule has 1 atom stereocenters. The van der Waals surface area contributed by atoms with Gasteiger partial charge in [0.05, 0.1) is 33.2 Å². The molecule has 0 aromatic heterocycles. The van der Waals surface area contributed by atoms with Gasteiger partial charge in [-0.05, 0) is 76.9 Å². The SMILES string of the molecule is COc1cc(/C=C2\SC(=S)N(C[C@@H]3CCCO3)C2=O)cc(I)c1OCc1ccc([N+](=O)[O-])cc1. The van der Waals surface area contributed by atoms with Crippen molar-refractivity contribution in [1.82, 2.24) is 4.90 Å². The molecule has 2 saturated heterocycles. The predicted octanol–water partition coefficient (Wildman–Crippen LogP) is 5.17. The quantitative estimate of drug-likeness (QED) is 0.133. The third-order valence-electron chi connectivity index (χ3n) is 5.36. The highest BCUT2D eigenvalue weighted by Crippen LogP contribution is 2.38. The standard InChI is InChI=1S/C23H21IN2O6S2/c1-30-19-10-15(11-20-22(27)25(23(33)34-20)12-17-3-2-8-31-17)9-18(24)21(19)32-13-14-4-6-16(7-5-14)26(28)29/h4-7,9-11,17H,2-3,8,12-13H2,1H3/b20-11-/t17-/m0/s1. The summed E-state index contributed by atoms with van der Waals surface area (Å²) in [4.78, 5) is 25.5. The second-order valence-electron chi connectivity index (χ2n) is 7.67. The summed E-state index contributed by atoms with van der Waals surface area (Å²) in [6.07, 6.45) is 3.79. The molecule has 11 heteroatoms. The molecule has 0 N–H and O–H groups in total. The first-order valence-electron chi connectivity index (χ1n) is 10.5. The van der Waals surface area contributed by atoms with Gasteiger partial charge in [-0.3, -0.25) is 19.8 Å². The molecule has 178 valence electrons. The van der Waals surface area contributed by atoms with Crippen molar-refractivity contribution < 1.29 is 23.9 Å². The number of rotatable bonds is 8. The minimum atomic E-state index is -0.439. The van der Waals surface area contributed by atoms with Crippen molar-refractivity contribution in [3.63, 3.8) is 0 Å². The molecule has 0 bridgehead atoms. The lowest BCUT2D eigenvalue weighted by atomic mass is 10.1. The Labute approximate surface area is 219 Å². The number of nitro benzene ring substituents is 1. The molecular weight excluding hydrogens is 591 g/mol. The Balaban J connectivity index is 1.48. The molecule has 2 aliphatic rings. The number of amides is 1. The lowest BCUT2D eigenvalue weighted by molar-refractivity contribution is -0.384. The van der Waals surface area contributed by atoms with E-state index in [1.807, 2.05) is 6.07 Å². The molecule has 0 spiro atoms. The fourth-order valence-electron chi connectivity index (χ4n) is 3.63. The number of ether oxygens (including phenoxy) is 3. The van der Waals surface area contributed by atoms with Gasteiger partial charge in [0, 0.05) is 18.7 Å². The van der Waals surface area contributed by atoms with Gasteiger partial charge >= 0.3 is 0 Å². The molecule has 0 unspecified atom stereocenters. The highest BCUT2D eigenvalue weighted by Gasteiger charge is 2.34. The van der Waals surface area contributed by atoms with Gasteiger partial charge in [0.2, 0.25) is 0 Å². The number of nitro groups is 1. The zero-order valence-electron chi connectivity index (χ0n) is 18.2. The van der Waals surface area contributed by atoms with Crippen molar-refractivity contribution in [3.05, 3.63) is 66.1 Å². The maximum atomic E-state index is 12.9. The van der Waals surface area contributed by atoms with Crippen LogP contribution in [0.4, 0.5) is 5.69 Å². The van der Waals surface area contributed by atoms with Crippen LogP contribution in [0.15, 0.2) is 41.3 Å². The van der Waals surface area contributed by atoms with E-state index in [0.717, 1.165) is 34.1 Å². The summed E-state index contributed by atoms with van der Waals surface area (Å²) in [5.74, 6) is 0.970. The van der Waals surface area contributed by atoms with Crippen molar-refractivity contribution >= 4 is 68.6 Å². The van der Waals surface area contributed by atoms with E-state index in [4.69, 9.17) is 26.4 Å². The highest BCUT2D eigenvalue weighted by atomic mass is 127. The summed E-state index contributed by atoms with van der Waals surface area (Å²) in [7, 11) is 1.55.